The molecule has 1 aromatic rings. The third-order valence-corrected chi connectivity index (χ3v) is 4.25. The van der Waals surface area contributed by atoms with Crippen molar-refractivity contribution in [3.63, 3.8) is 0 Å². The summed E-state index contributed by atoms with van der Waals surface area (Å²) in [7, 11) is 1.31. The molecule has 2 nitrogen and oxygen atoms in total. The summed E-state index contributed by atoms with van der Waals surface area (Å²) >= 11 is 0. The third kappa shape index (κ3) is 3.41. The molecule has 0 unspecified atom stereocenters. The summed E-state index contributed by atoms with van der Waals surface area (Å²) in [5.41, 5.74) is 0. The average molecular weight is 284 g/mol. The molecule has 1 fully saturated rings. The highest BCUT2D eigenvalue weighted by molar-refractivity contribution is 5.34. The molecular formula is C16H22F2O2. The smallest absolute Gasteiger partial charge is 0.204 e. The van der Waals surface area contributed by atoms with Crippen molar-refractivity contribution >= 4 is 0 Å². The van der Waals surface area contributed by atoms with Crippen LogP contribution in [0.15, 0.2) is 12.1 Å². The number of methoxy groups -OCH3 is 1. The highest BCUT2D eigenvalue weighted by Gasteiger charge is 2.21. The number of halogens is 2. The van der Waals surface area contributed by atoms with Crippen LogP contribution in [0.3, 0.4) is 0 Å². The SMILES string of the molecule is CCC1CCC(COc2ccc(OC)c(F)c2F)CC1. The Morgan fingerprint density at radius 3 is 2.15 bits per heavy atom. The summed E-state index contributed by atoms with van der Waals surface area (Å²) in [5.74, 6) is -0.811. The summed E-state index contributed by atoms with van der Waals surface area (Å²) in [4.78, 5) is 0. The topological polar surface area (TPSA) is 18.5 Å². The van der Waals surface area contributed by atoms with Gasteiger partial charge in [-0.25, -0.2) is 0 Å². The van der Waals surface area contributed by atoms with E-state index in [-0.39, 0.29) is 11.5 Å². The summed E-state index contributed by atoms with van der Waals surface area (Å²) in [6.07, 6.45) is 5.87. The lowest BCUT2D eigenvalue weighted by molar-refractivity contribution is 0.175. The Hall–Kier alpha value is -1.32. The Bertz CT molecular complexity index is 440. The molecule has 20 heavy (non-hydrogen) atoms. The molecule has 2 rings (SSSR count). The Balaban J connectivity index is 1.90. The molecule has 0 bridgehead atoms. The fourth-order valence-corrected chi connectivity index (χ4v) is 2.80. The van der Waals surface area contributed by atoms with Crippen molar-refractivity contribution in [3.8, 4) is 11.5 Å². The van der Waals surface area contributed by atoms with Crippen LogP contribution < -0.4 is 9.47 Å². The van der Waals surface area contributed by atoms with E-state index in [0.29, 0.717) is 12.5 Å². The van der Waals surface area contributed by atoms with Crippen LogP contribution in [0, 0.1) is 23.5 Å². The van der Waals surface area contributed by atoms with Gasteiger partial charge in [-0.05, 0) is 36.8 Å². The number of hydrogen-bond acceptors (Lipinski definition) is 2. The van der Waals surface area contributed by atoms with Crippen LogP contribution in [0.4, 0.5) is 8.78 Å². The van der Waals surface area contributed by atoms with E-state index in [1.807, 2.05) is 0 Å². The molecule has 0 aromatic heterocycles. The van der Waals surface area contributed by atoms with Gasteiger partial charge in [-0.2, -0.15) is 8.78 Å². The molecule has 0 atom stereocenters. The lowest BCUT2D eigenvalue weighted by Crippen LogP contribution is -2.20. The zero-order valence-electron chi connectivity index (χ0n) is 12.1. The van der Waals surface area contributed by atoms with Crippen molar-refractivity contribution in [3.05, 3.63) is 23.8 Å². The van der Waals surface area contributed by atoms with Crippen LogP contribution in [0.5, 0.6) is 11.5 Å². The van der Waals surface area contributed by atoms with Crippen LogP contribution in [0.2, 0.25) is 0 Å². The molecule has 4 heteroatoms. The number of rotatable bonds is 5. The molecule has 1 aromatic carbocycles. The van der Waals surface area contributed by atoms with Crippen LogP contribution in [-0.4, -0.2) is 13.7 Å². The van der Waals surface area contributed by atoms with Crippen molar-refractivity contribution in [2.45, 2.75) is 39.0 Å². The second-order valence-electron chi connectivity index (χ2n) is 5.50. The second-order valence-corrected chi connectivity index (χ2v) is 5.50. The summed E-state index contributed by atoms with van der Waals surface area (Å²) < 4.78 is 37.5. The first-order valence-electron chi connectivity index (χ1n) is 7.30. The average Bonchev–Trinajstić information content (AvgIpc) is 2.49. The predicted octanol–water partition coefficient (Wildman–Crippen LogP) is 4.57. The molecule has 1 aliphatic rings. The molecule has 0 spiro atoms. The van der Waals surface area contributed by atoms with Gasteiger partial charge >= 0.3 is 0 Å². The minimum absolute atomic E-state index is 0.0269. The molecule has 0 radical (unpaired) electrons. The monoisotopic (exact) mass is 284 g/mol. The van der Waals surface area contributed by atoms with Gasteiger partial charge < -0.3 is 9.47 Å². The summed E-state index contributed by atoms with van der Waals surface area (Å²) in [5, 5.41) is 0. The van der Waals surface area contributed by atoms with Crippen LogP contribution >= 0.6 is 0 Å². The van der Waals surface area contributed by atoms with Gasteiger partial charge in [0, 0.05) is 0 Å². The maximum absolute atomic E-state index is 13.7. The Kier molecular flexibility index (Phi) is 5.21. The van der Waals surface area contributed by atoms with Gasteiger partial charge in [-0.3, -0.25) is 0 Å². The minimum Gasteiger partial charge on any atom is -0.494 e. The van der Waals surface area contributed by atoms with Crippen LogP contribution in [0.1, 0.15) is 39.0 Å². The lowest BCUT2D eigenvalue weighted by Gasteiger charge is -2.27. The first kappa shape index (κ1) is 15.1. The predicted molar refractivity (Wildman–Crippen MR) is 74.1 cm³/mol. The Morgan fingerprint density at radius 2 is 1.55 bits per heavy atom. The van der Waals surface area contributed by atoms with E-state index in [4.69, 9.17) is 9.47 Å². The zero-order valence-corrected chi connectivity index (χ0v) is 12.1. The number of ether oxygens (including phenoxy) is 2. The molecule has 1 aliphatic carbocycles. The molecule has 0 saturated heterocycles. The van der Waals surface area contributed by atoms with Gasteiger partial charge in [-0.15, -0.1) is 0 Å². The first-order valence-corrected chi connectivity index (χ1v) is 7.30. The number of hydrogen-bond donors (Lipinski definition) is 0. The van der Waals surface area contributed by atoms with Gasteiger partial charge in [0.25, 0.3) is 0 Å². The first-order chi connectivity index (χ1) is 9.65. The largest absolute Gasteiger partial charge is 0.494 e. The van der Waals surface area contributed by atoms with E-state index >= 15 is 0 Å². The van der Waals surface area contributed by atoms with Crippen LogP contribution in [0.25, 0.3) is 0 Å². The van der Waals surface area contributed by atoms with Gasteiger partial charge in [-0.1, -0.05) is 26.2 Å². The zero-order chi connectivity index (χ0) is 14.5. The maximum atomic E-state index is 13.7. The van der Waals surface area contributed by atoms with E-state index in [2.05, 4.69) is 6.92 Å². The third-order valence-electron chi connectivity index (χ3n) is 4.25. The van der Waals surface area contributed by atoms with Gasteiger partial charge in [0.2, 0.25) is 11.6 Å². The van der Waals surface area contributed by atoms with E-state index in [0.717, 1.165) is 18.8 Å². The van der Waals surface area contributed by atoms with Gasteiger partial charge in [0.05, 0.1) is 13.7 Å². The standard InChI is InChI=1S/C16H22F2O2/c1-3-11-4-6-12(7-5-11)10-20-14-9-8-13(19-2)15(17)16(14)18/h8-9,11-12H,3-7,10H2,1-2H3. The molecule has 1 saturated carbocycles. The molecule has 0 amide bonds. The fourth-order valence-electron chi connectivity index (χ4n) is 2.80. The molecule has 0 aliphatic heterocycles. The highest BCUT2D eigenvalue weighted by atomic mass is 19.2. The lowest BCUT2D eigenvalue weighted by atomic mass is 9.81. The number of benzene rings is 1. The van der Waals surface area contributed by atoms with Crippen molar-refractivity contribution in [1.29, 1.82) is 0 Å². The highest BCUT2D eigenvalue weighted by Crippen LogP contribution is 2.32. The van der Waals surface area contributed by atoms with Crippen molar-refractivity contribution < 1.29 is 18.3 Å². The maximum Gasteiger partial charge on any atom is 0.204 e. The molecule has 112 valence electrons. The van der Waals surface area contributed by atoms with Gasteiger partial charge in [0.15, 0.2) is 11.5 Å². The molecular weight excluding hydrogens is 262 g/mol. The summed E-state index contributed by atoms with van der Waals surface area (Å²) in [6.45, 7) is 2.68. The van der Waals surface area contributed by atoms with E-state index < -0.39 is 11.6 Å². The fraction of sp³-hybridized carbons (Fsp3) is 0.625. The van der Waals surface area contributed by atoms with E-state index in [1.165, 1.54) is 38.5 Å². The molecule has 0 N–H and O–H groups in total. The minimum atomic E-state index is -0.986. The normalized spacial score (nSPS) is 22.6. The van der Waals surface area contributed by atoms with E-state index in [9.17, 15) is 8.78 Å². The van der Waals surface area contributed by atoms with Crippen molar-refractivity contribution in [1.82, 2.24) is 0 Å². The van der Waals surface area contributed by atoms with E-state index in [1.54, 1.807) is 0 Å². The van der Waals surface area contributed by atoms with Crippen molar-refractivity contribution in [2.24, 2.45) is 11.8 Å². The molecule has 0 heterocycles. The second kappa shape index (κ2) is 6.91. The Labute approximate surface area is 119 Å². The summed E-state index contributed by atoms with van der Waals surface area (Å²) in [6, 6.07) is 2.82. The Morgan fingerprint density at radius 1 is 1.00 bits per heavy atom. The van der Waals surface area contributed by atoms with Crippen LogP contribution in [-0.2, 0) is 0 Å². The quantitative estimate of drug-likeness (QED) is 0.788. The van der Waals surface area contributed by atoms with Gasteiger partial charge in [0.1, 0.15) is 0 Å². The van der Waals surface area contributed by atoms with Crippen molar-refractivity contribution in [2.75, 3.05) is 13.7 Å².